The summed E-state index contributed by atoms with van der Waals surface area (Å²) in [6, 6.07) is 22.1. The van der Waals surface area contributed by atoms with Gasteiger partial charge in [0.2, 0.25) is 5.91 Å². The molecule has 0 unspecified atom stereocenters. The summed E-state index contributed by atoms with van der Waals surface area (Å²) in [6.07, 6.45) is 0. The summed E-state index contributed by atoms with van der Waals surface area (Å²) in [7, 11) is 1.60. The number of rotatable bonds is 8. The first-order valence-corrected chi connectivity index (χ1v) is 11.6. The van der Waals surface area contributed by atoms with E-state index in [0.717, 1.165) is 5.69 Å². The minimum atomic E-state index is -0.112. The molecule has 158 valence electrons. The second kappa shape index (κ2) is 9.87. The number of thiazole rings is 1. The highest BCUT2D eigenvalue weighted by Gasteiger charge is 2.22. The molecule has 0 saturated heterocycles. The standard InChI is InChI=1S/C24H23N3O2S2/c1-17(28)27(20-11-6-7-12-21(20)29-2)24-26-19(16-31-24)15-25-23(22-13-8-14-30-22)18-9-4-3-5-10-18/h3-14,16,23,25H,15H2,1-2H3/t23-/m0/s1. The molecule has 0 aliphatic rings. The Labute approximate surface area is 190 Å². The molecule has 1 amide bonds. The van der Waals surface area contributed by atoms with Crippen LogP contribution in [0.2, 0.25) is 0 Å². The third kappa shape index (κ3) is 4.85. The van der Waals surface area contributed by atoms with Crippen molar-refractivity contribution in [3.63, 3.8) is 0 Å². The number of anilines is 2. The Balaban J connectivity index is 1.56. The van der Waals surface area contributed by atoms with Gasteiger partial charge in [-0.3, -0.25) is 15.0 Å². The van der Waals surface area contributed by atoms with Crippen LogP contribution in [0.4, 0.5) is 10.8 Å². The van der Waals surface area contributed by atoms with Gasteiger partial charge in [-0.15, -0.1) is 22.7 Å². The maximum atomic E-state index is 12.5. The van der Waals surface area contributed by atoms with Crippen LogP contribution in [-0.4, -0.2) is 18.0 Å². The van der Waals surface area contributed by atoms with Crippen LogP contribution in [0.5, 0.6) is 5.75 Å². The lowest BCUT2D eigenvalue weighted by Crippen LogP contribution is -2.24. The van der Waals surface area contributed by atoms with Crippen LogP contribution < -0.4 is 15.0 Å². The zero-order chi connectivity index (χ0) is 21.6. The summed E-state index contributed by atoms with van der Waals surface area (Å²) < 4.78 is 5.45. The predicted molar refractivity (Wildman–Crippen MR) is 127 cm³/mol. The number of nitrogens with zero attached hydrogens (tertiary/aromatic N) is 2. The minimum Gasteiger partial charge on any atom is -0.495 e. The molecule has 2 aromatic carbocycles. The van der Waals surface area contributed by atoms with Crippen molar-refractivity contribution in [2.24, 2.45) is 0 Å². The molecule has 0 bridgehead atoms. The number of hydrogen-bond acceptors (Lipinski definition) is 6. The fourth-order valence-corrected chi connectivity index (χ4v) is 5.10. The molecule has 1 atom stereocenters. The molecule has 0 aliphatic heterocycles. The predicted octanol–water partition coefficient (Wildman–Crippen LogP) is 5.78. The van der Waals surface area contributed by atoms with Crippen molar-refractivity contribution in [1.82, 2.24) is 10.3 Å². The number of para-hydroxylation sites is 2. The number of aromatic nitrogens is 1. The molecule has 2 aromatic heterocycles. The largest absolute Gasteiger partial charge is 0.495 e. The van der Waals surface area contributed by atoms with Gasteiger partial charge in [-0.1, -0.05) is 48.5 Å². The summed E-state index contributed by atoms with van der Waals surface area (Å²) in [5.74, 6) is 0.522. The zero-order valence-electron chi connectivity index (χ0n) is 17.3. The Hall–Kier alpha value is -3.00. The first kappa shape index (κ1) is 21.2. The van der Waals surface area contributed by atoms with E-state index in [0.29, 0.717) is 23.1 Å². The molecule has 4 aromatic rings. The zero-order valence-corrected chi connectivity index (χ0v) is 19.0. The Bertz CT molecular complexity index is 1130. The van der Waals surface area contributed by atoms with Gasteiger partial charge in [0.1, 0.15) is 5.75 Å². The van der Waals surface area contributed by atoms with E-state index in [1.165, 1.54) is 28.7 Å². The second-order valence-corrected chi connectivity index (χ2v) is 8.70. The van der Waals surface area contributed by atoms with Gasteiger partial charge in [-0.25, -0.2) is 4.98 Å². The second-order valence-electron chi connectivity index (χ2n) is 6.89. The van der Waals surface area contributed by atoms with E-state index in [9.17, 15) is 4.79 Å². The lowest BCUT2D eigenvalue weighted by Gasteiger charge is -2.20. The monoisotopic (exact) mass is 449 g/mol. The maximum absolute atomic E-state index is 12.5. The van der Waals surface area contributed by atoms with E-state index in [1.807, 2.05) is 35.7 Å². The lowest BCUT2D eigenvalue weighted by molar-refractivity contribution is -0.115. The minimum absolute atomic E-state index is 0.0875. The number of methoxy groups -OCH3 is 1. The SMILES string of the molecule is COc1ccccc1N(C(C)=O)c1nc(CN[C@@H](c2ccccc2)c2cccs2)cs1. The normalized spacial score (nSPS) is 11.8. The van der Waals surface area contributed by atoms with Crippen LogP contribution in [0.1, 0.15) is 29.1 Å². The lowest BCUT2D eigenvalue weighted by atomic mass is 10.1. The summed E-state index contributed by atoms with van der Waals surface area (Å²) in [6.45, 7) is 2.12. The first-order valence-electron chi connectivity index (χ1n) is 9.87. The van der Waals surface area contributed by atoms with Crippen LogP contribution in [0.3, 0.4) is 0 Å². The Kier molecular flexibility index (Phi) is 6.76. The molecular formula is C24H23N3O2S2. The molecule has 0 saturated carbocycles. The maximum Gasteiger partial charge on any atom is 0.230 e. The summed E-state index contributed by atoms with van der Waals surface area (Å²) in [4.78, 5) is 20.0. The van der Waals surface area contributed by atoms with Gasteiger partial charge in [-0.05, 0) is 29.1 Å². The number of nitrogens with one attached hydrogen (secondary N) is 1. The molecular weight excluding hydrogens is 426 g/mol. The molecule has 7 heteroatoms. The Morgan fingerprint density at radius 2 is 1.84 bits per heavy atom. The fourth-order valence-electron chi connectivity index (χ4n) is 3.39. The Morgan fingerprint density at radius 3 is 2.55 bits per heavy atom. The number of amides is 1. The number of benzene rings is 2. The smallest absolute Gasteiger partial charge is 0.230 e. The summed E-state index contributed by atoms with van der Waals surface area (Å²) >= 11 is 3.18. The van der Waals surface area contributed by atoms with Crippen molar-refractivity contribution >= 4 is 39.4 Å². The first-order chi connectivity index (χ1) is 15.2. The highest BCUT2D eigenvalue weighted by Crippen LogP contribution is 2.35. The molecule has 0 aliphatic carbocycles. The number of thiophene rings is 1. The van der Waals surface area contributed by atoms with Crippen LogP contribution in [0, 0.1) is 0 Å². The highest BCUT2D eigenvalue weighted by atomic mass is 32.1. The van der Waals surface area contributed by atoms with Crippen molar-refractivity contribution in [1.29, 1.82) is 0 Å². The summed E-state index contributed by atoms with van der Waals surface area (Å²) in [5, 5.41) is 8.33. The fraction of sp³-hybridized carbons (Fsp3) is 0.167. The van der Waals surface area contributed by atoms with E-state index in [1.54, 1.807) is 23.3 Å². The van der Waals surface area contributed by atoms with Gasteiger partial charge in [0.15, 0.2) is 5.13 Å². The van der Waals surface area contributed by atoms with Crippen LogP contribution >= 0.6 is 22.7 Å². The van der Waals surface area contributed by atoms with Crippen LogP contribution in [0.15, 0.2) is 77.5 Å². The van der Waals surface area contributed by atoms with E-state index in [-0.39, 0.29) is 11.9 Å². The van der Waals surface area contributed by atoms with Crippen LogP contribution in [-0.2, 0) is 11.3 Å². The quantitative estimate of drug-likeness (QED) is 0.371. The van der Waals surface area contributed by atoms with Gasteiger partial charge in [0, 0.05) is 23.7 Å². The average molecular weight is 450 g/mol. The van der Waals surface area contributed by atoms with Gasteiger partial charge in [-0.2, -0.15) is 0 Å². The molecule has 2 heterocycles. The topological polar surface area (TPSA) is 54.5 Å². The molecule has 1 N–H and O–H groups in total. The van der Waals surface area contributed by atoms with E-state index in [4.69, 9.17) is 9.72 Å². The molecule has 31 heavy (non-hydrogen) atoms. The number of hydrogen-bond donors (Lipinski definition) is 1. The number of carbonyl (C=O) groups excluding carboxylic acids is 1. The van der Waals surface area contributed by atoms with Gasteiger partial charge >= 0.3 is 0 Å². The van der Waals surface area contributed by atoms with Crippen molar-refractivity contribution in [3.05, 3.63) is 93.6 Å². The number of carbonyl (C=O) groups is 1. The average Bonchev–Trinajstić information content (AvgIpc) is 3.48. The van der Waals surface area contributed by atoms with E-state index >= 15 is 0 Å². The van der Waals surface area contributed by atoms with Gasteiger partial charge in [0.05, 0.1) is 24.5 Å². The van der Waals surface area contributed by atoms with Crippen molar-refractivity contribution in [2.75, 3.05) is 12.0 Å². The van der Waals surface area contributed by atoms with Crippen LogP contribution in [0.25, 0.3) is 0 Å². The van der Waals surface area contributed by atoms with E-state index in [2.05, 4.69) is 47.1 Å². The third-order valence-corrected chi connectivity index (χ3v) is 6.63. The third-order valence-electron chi connectivity index (χ3n) is 4.82. The molecule has 0 spiro atoms. The van der Waals surface area contributed by atoms with Gasteiger partial charge in [0.25, 0.3) is 0 Å². The van der Waals surface area contributed by atoms with Gasteiger partial charge < -0.3 is 4.74 Å². The number of ether oxygens (including phenoxy) is 1. The molecule has 4 rings (SSSR count). The van der Waals surface area contributed by atoms with Crippen molar-refractivity contribution in [2.45, 2.75) is 19.5 Å². The molecule has 0 radical (unpaired) electrons. The molecule has 5 nitrogen and oxygen atoms in total. The van der Waals surface area contributed by atoms with Crippen molar-refractivity contribution in [3.8, 4) is 5.75 Å². The van der Waals surface area contributed by atoms with E-state index < -0.39 is 0 Å². The highest BCUT2D eigenvalue weighted by molar-refractivity contribution is 7.14. The molecule has 0 fully saturated rings. The van der Waals surface area contributed by atoms with Crippen molar-refractivity contribution < 1.29 is 9.53 Å². The summed E-state index contributed by atoms with van der Waals surface area (Å²) in [5.41, 5.74) is 2.78. The Morgan fingerprint density at radius 1 is 1.06 bits per heavy atom.